The highest BCUT2D eigenvalue weighted by atomic mass is 32.1. The molecule has 260 valence electrons. The normalized spacial score (nSPS) is 11.5. The van der Waals surface area contributed by atoms with Gasteiger partial charge in [0.05, 0.1) is 0 Å². The van der Waals surface area contributed by atoms with Crippen molar-refractivity contribution in [2.45, 2.75) is 0 Å². The van der Waals surface area contributed by atoms with E-state index in [-0.39, 0.29) is 0 Å². The molecule has 0 fully saturated rings. The van der Waals surface area contributed by atoms with Crippen LogP contribution in [0.25, 0.3) is 93.0 Å². The summed E-state index contributed by atoms with van der Waals surface area (Å²) in [5.74, 6) is 1.75. The van der Waals surface area contributed by atoms with Gasteiger partial charge in [0, 0.05) is 36.9 Å². The molecule has 0 radical (unpaired) electrons. The van der Waals surface area contributed by atoms with Gasteiger partial charge in [-0.05, 0) is 68.8 Å². The molecule has 0 atom stereocenters. The van der Waals surface area contributed by atoms with E-state index >= 15 is 0 Å². The van der Waals surface area contributed by atoms with Crippen LogP contribution >= 0.6 is 11.3 Å². The van der Waals surface area contributed by atoms with Crippen LogP contribution in [0.5, 0.6) is 0 Å². The number of hydrogen-bond acceptors (Lipinski definition) is 4. The van der Waals surface area contributed by atoms with Crippen LogP contribution in [0, 0.1) is 0 Å². The Balaban J connectivity index is 1.15. The lowest BCUT2D eigenvalue weighted by atomic mass is 9.92. The number of thiophene rings is 1. The van der Waals surface area contributed by atoms with Crippen molar-refractivity contribution in [2.75, 3.05) is 0 Å². The van der Waals surface area contributed by atoms with Crippen LogP contribution in [0.4, 0.5) is 0 Å². The minimum atomic E-state index is 0.549. The Labute approximate surface area is 325 Å². The number of rotatable bonds is 9. The quantitative estimate of drug-likeness (QED) is 0.139. The second kappa shape index (κ2) is 14.8. The van der Waals surface area contributed by atoms with Crippen LogP contribution in [0.1, 0.15) is 5.82 Å². The molecule has 2 aromatic heterocycles. The maximum absolute atomic E-state index is 4.96. The third-order valence-corrected chi connectivity index (χ3v) is 11.1. The number of allylic oxidation sites excluding steroid dienone is 4. The van der Waals surface area contributed by atoms with Gasteiger partial charge >= 0.3 is 0 Å². The van der Waals surface area contributed by atoms with Gasteiger partial charge in [-0.15, -0.1) is 11.3 Å². The van der Waals surface area contributed by atoms with E-state index in [2.05, 4.69) is 153 Å². The van der Waals surface area contributed by atoms with Crippen molar-refractivity contribution >= 4 is 37.1 Å². The summed E-state index contributed by atoms with van der Waals surface area (Å²) in [7, 11) is 0. The molecule has 9 aromatic rings. The molecule has 0 aliphatic rings. The topological polar surface area (TPSA) is 38.7 Å². The van der Waals surface area contributed by atoms with Crippen LogP contribution in [0.15, 0.2) is 201 Å². The Morgan fingerprint density at radius 2 is 0.964 bits per heavy atom. The number of fused-ring (bicyclic) bond motifs is 3. The zero-order valence-electron chi connectivity index (χ0n) is 30.1. The van der Waals surface area contributed by atoms with E-state index in [1.54, 1.807) is 12.2 Å². The summed E-state index contributed by atoms with van der Waals surface area (Å²) in [6.45, 7) is 7.87. The molecule has 3 nitrogen and oxygen atoms in total. The minimum absolute atomic E-state index is 0.549. The second-order valence-corrected chi connectivity index (χ2v) is 14.4. The average molecular weight is 722 g/mol. The largest absolute Gasteiger partial charge is 0.208 e. The first-order valence-corrected chi connectivity index (χ1v) is 19.1. The van der Waals surface area contributed by atoms with E-state index in [4.69, 9.17) is 15.0 Å². The predicted octanol–water partition coefficient (Wildman–Crippen LogP) is 14.0. The van der Waals surface area contributed by atoms with E-state index in [9.17, 15) is 0 Å². The maximum Gasteiger partial charge on any atom is 0.164 e. The molecule has 0 bridgehead atoms. The maximum atomic E-state index is 4.96. The molecule has 0 amide bonds. The van der Waals surface area contributed by atoms with Gasteiger partial charge in [0.15, 0.2) is 17.5 Å². The van der Waals surface area contributed by atoms with E-state index in [1.165, 1.54) is 53.6 Å². The first kappa shape index (κ1) is 33.8. The molecule has 0 aliphatic carbocycles. The standard InChI is InChI=1S/C51H35N3S/c1-3-16-34(4-2)49-52-50(36-19-9-6-10-20-36)54-51(53-49)42-26-15-23-39(33-42)38-22-14-24-40(32-38)43-29-30-44(48-47(43)45-27-11-12-28-46(45)55-48)41-25-13-21-37(31-41)35-17-7-5-8-18-35/h3-33H,1-2H2/b34-16+. The van der Waals surface area contributed by atoms with E-state index in [0.29, 0.717) is 17.5 Å². The van der Waals surface area contributed by atoms with Gasteiger partial charge in [0.25, 0.3) is 0 Å². The first-order chi connectivity index (χ1) is 27.2. The zero-order chi connectivity index (χ0) is 37.1. The zero-order valence-corrected chi connectivity index (χ0v) is 30.9. The molecule has 0 aliphatic heterocycles. The fraction of sp³-hybridized carbons (Fsp3) is 0. The third-order valence-electron chi connectivity index (χ3n) is 9.88. The summed E-state index contributed by atoms with van der Waals surface area (Å²) < 4.78 is 2.57. The van der Waals surface area contributed by atoms with Crippen molar-refractivity contribution in [3.8, 4) is 67.3 Å². The molecule has 2 heterocycles. The minimum Gasteiger partial charge on any atom is -0.208 e. The van der Waals surface area contributed by atoms with Crippen molar-refractivity contribution in [1.82, 2.24) is 15.0 Å². The summed E-state index contributed by atoms with van der Waals surface area (Å²) in [6, 6.07) is 60.1. The highest BCUT2D eigenvalue weighted by Crippen LogP contribution is 2.45. The molecule has 9 rings (SSSR count). The molecule has 7 aromatic carbocycles. The Kier molecular flexibility index (Phi) is 9.09. The van der Waals surface area contributed by atoms with Crippen molar-refractivity contribution in [3.63, 3.8) is 0 Å². The average Bonchev–Trinajstić information content (AvgIpc) is 3.66. The van der Waals surface area contributed by atoms with Gasteiger partial charge in [-0.3, -0.25) is 0 Å². The van der Waals surface area contributed by atoms with Crippen molar-refractivity contribution < 1.29 is 0 Å². The lowest BCUT2D eigenvalue weighted by Crippen LogP contribution is -2.02. The molecular weight excluding hydrogens is 687 g/mol. The first-order valence-electron chi connectivity index (χ1n) is 18.3. The van der Waals surface area contributed by atoms with Gasteiger partial charge in [-0.1, -0.05) is 177 Å². The molecular formula is C51H35N3S. The van der Waals surface area contributed by atoms with E-state index in [1.807, 2.05) is 47.7 Å². The van der Waals surface area contributed by atoms with Gasteiger partial charge < -0.3 is 0 Å². The van der Waals surface area contributed by atoms with Gasteiger partial charge in [0.2, 0.25) is 0 Å². The highest BCUT2D eigenvalue weighted by Gasteiger charge is 2.17. The summed E-state index contributed by atoms with van der Waals surface area (Å²) in [5, 5.41) is 2.56. The molecule has 0 spiro atoms. The molecule has 0 N–H and O–H groups in total. The number of hydrogen-bond donors (Lipinski definition) is 0. The Hall–Kier alpha value is -7.01. The number of benzene rings is 7. The Morgan fingerprint density at radius 3 is 1.64 bits per heavy atom. The summed E-state index contributed by atoms with van der Waals surface area (Å²) in [5.41, 5.74) is 12.1. The van der Waals surface area contributed by atoms with Crippen LogP contribution in [-0.2, 0) is 0 Å². The SMILES string of the molecule is C=C/C=C(\C=C)c1nc(-c2ccccc2)nc(-c2cccc(-c3cccc(-c4ccc(-c5cccc(-c6ccccc6)c5)c5sc6ccccc6c45)c3)c2)n1. The van der Waals surface area contributed by atoms with Crippen LogP contribution in [0.3, 0.4) is 0 Å². The molecule has 0 unspecified atom stereocenters. The van der Waals surface area contributed by atoms with Crippen molar-refractivity contribution in [2.24, 2.45) is 0 Å². The highest BCUT2D eigenvalue weighted by molar-refractivity contribution is 7.26. The number of nitrogens with zero attached hydrogens (tertiary/aromatic N) is 3. The summed E-state index contributed by atoms with van der Waals surface area (Å²) in [4.78, 5) is 14.7. The fourth-order valence-corrected chi connectivity index (χ4v) is 8.47. The van der Waals surface area contributed by atoms with Crippen molar-refractivity contribution in [3.05, 3.63) is 207 Å². The lowest BCUT2D eigenvalue weighted by Gasteiger charge is -2.13. The van der Waals surface area contributed by atoms with Crippen molar-refractivity contribution in [1.29, 1.82) is 0 Å². The second-order valence-electron chi connectivity index (χ2n) is 13.3. The van der Waals surface area contributed by atoms with Gasteiger partial charge in [0.1, 0.15) is 0 Å². The smallest absolute Gasteiger partial charge is 0.164 e. The molecule has 55 heavy (non-hydrogen) atoms. The lowest BCUT2D eigenvalue weighted by molar-refractivity contribution is 1.04. The predicted molar refractivity (Wildman–Crippen MR) is 234 cm³/mol. The van der Waals surface area contributed by atoms with Crippen LogP contribution < -0.4 is 0 Å². The van der Waals surface area contributed by atoms with Crippen LogP contribution in [-0.4, -0.2) is 15.0 Å². The monoisotopic (exact) mass is 721 g/mol. The Morgan fingerprint density at radius 1 is 0.455 bits per heavy atom. The Bertz CT molecular complexity index is 2900. The molecule has 4 heteroatoms. The third kappa shape index (κ3) is 6.61. The van der Waals surface area contributed by atoms with Gasteiger partial charge in [-0.25, -0.2) is 15.0 Å². The van der Waals surface area contributed by atoms with Gasteiger partial charge in [-0.2, -0.15) is 0 Å². The molecule has 0 saturated heterocycles. The number of aromatic nitrogens is 3. The fourth-order valence-electron chi connectivity index (χ4n) is 7.21. The summed E-state index contributed by atoms with van der Waals surface area (Å²) >= 11 is 1.87. The van der Waals surface area contributed by atoms with E-state index < -0.39 is 0 Å². The van der Waals surface area contributed by atoms with Crippen LogP contribution in [0.2, 0.25) is 0 Å². The molecule has 0 saturated carbocycles. The van der Waals surface area contributed by atoms with E-state index in [0.717, 1.165) is 27.8 Å². The summed E-state index contributed by atoms with van der Waals surface area (Å²) in [6.07, 6.45) is 5.34.